The van der Waals surface area contributed by atoms with Crippen molar-refractivity contribution in [1.82, 2.24) is 4.90 Å². The smallest absolute Gasteiger partial charge is 0.238 e. The van der Waals surface area contributed by atoms with Gasteiger partial charge in [0, 0.05) is 0 Å². The SMILES string of the molecule is CCOc1ccccc1NC(=O)CN(CC)CC. The van der Waals surface area contributed by atoms with Crippen LogP contribution in [0.1, 0.15) is 20.8 Å². The van der Waals surface area contributed by atoms with Gasteiger partial charge in [0.1, 0.15) is 5.75 Å². The Bertz CT molecular complexity index is 376. The standard InChI is InChI=1S/C14H22N2O2/c1-4-16(5-2)11-14(17)15-12-9-7-8-10-13(12)18-6-3/h7-10H,4-6,11H2,1-3H3,(H,15,17). The molecule has 0 atom stereocenters. The molecule has 0 saturated carbocycles. The van der Waals surface area contributed by atoms with Gasteiger partial charge in [0.2, 0.25) is 5.91 Å². The van der Waals surface area contributed by atoms with E-state index in [0.29, 0.717) is 18.9 Å². The summed E-state index contributed by atoms with van der Waals surface area (Å²) in [4.78, 5) is 14.0. The molecule has 18 heavy (non-hydrogen) atoms. The summed E-state index contributed by atoms with van der Waals surface area (Å²) in [7, 11) is 0. The zero-order valence-corrected chi connectivity index (χ0v) is 11.4. The van der Waals surface area contributed by atoms with Gasteiger partial charge in [0.15, 0.2) is 0 Å². The number of ether oxygens (including phenoxy) is 1. The Hall–Kier alpha value is -1.55. The van der Waals surface area contributed by atoms with Gasteiger partial charge in [-0.15, -0.1) is 0 Å². The molecule has 1 aromatic rings. The maximum atomic E-state index is 11.9. The lowest BCUT2D eigenvalue weighted by molar-refractivity contribution is -0.117. The molecule has 1 aromatic carbocycles. The molecule has 0 aliphatic carbocycles. The number of nitrogens with one attached hydrogen (secondary N) is 1. The second-order valence-electron chi connectivity index (χ2n) is 3.94. The van der Waals surface area contributed by atoms with Crippen LogP contribution in [0, 0.1) is 0 Å². The number of para-hydroxylation sites is 2. The normalized spacial score (nSPS) is 10.4. The maximum absolute atomic E-state index is 11.9. The van der Waals surface area contributed by atoms with Crippen molar-refractivity contribution in [2.24, 2.45) is 0 Å². The van der Waals surface area contributed by atoms with E-state index in [4.69, 9.17) is 4.74 Å². The van der Waals surface area contributed by atoms with Crippen molar-refractivity contribution in [3.05, 3.63) is 24.3 Å². The third kappa shape index (κ3) is 4.37. The molecule has 100 valence electrons. The minimum absolute atomic E-state index is 0.00847. The fourth-order valence-electron chi connectivity index (χ4n) is 1.69. The van der Waals surface area contributed by atoms with Crippen molar-refractivity contribution < 1.29 is 9.53 Å². The number of anilines is 1. The summed E-state index contributed by atoms with van der Waals surface area (Å²) in [6.07, 6.45) is 0. The van der Waals surface area contributed by atoms with Crippen molar-refractivity contribution in [2.45, 2.75) is 20.8 Å². The molecule has 1 rings (SSSR count). The van der Waals surface area contributed by atoms with E-state index in [9.17, 15) is 4.79 Å². The molecule has 0 aromatic heterocycles. The first-order chi connectivity index (χ1) is 8.71. The number of benzene rings is 1. The summed E-state index contributed by atoms with van der Waals surface area (Å²) >= 11 is 0. The number of amides is 1. The van der Waals surface area contributed by atoms with Crippen LogP contribution in [-0.2, 0) is 4.79 Å². The number of nitrogens with zero attached hydrogens (tertiary/aromatic N) is 1. The fraction of sp³-hybridized carbons (Fsp3) is 0.500. The van der Waals surface area contributed by atoms with Gasteiger partial charge in [0.25, 0.3) is 0 Å². The van der Waals surface area contributed by atoms with E-state index in [1.807, 2.05) is 45.0 Å². The Labute approximate surface area is 109 Å². The van der Waals surface area contributed by atoms with Crippen molar-refractivity contribution in [1.29, 1.82) is 0 Å². The number of hydrogen-bond acceptors (Lipinski definition) is 3. The molecule has 1 N–H and O–H groups in total. The van der Waals surface area contributed by atoms with Gasteiger partial charge >= 0.3 is 0 Å². The summed E-state index contributed by atoms with van der Waals surface area (Å²) < 4.78 is 5.47. The van der Waals surface area contributed by atoms with Crippen LogP contribution in [0.3, 0.4) is 0 Å². The van der Waals surface area contributed by atoms with Gasteiger partial charge in [-0.25, -0.2) is 0 Å². The maximum Gasteiger partial charge on any atom is 0.238 e. The summed E-state index contributed by atoms with van der Waals surface area (Å²) in [5.74, 6) is 0.707. The van der Waals surface area contributed by atoms with Gasteiger partial charge in [-0.05, 0) is 32.1 Å². The Balaban J connectivity index is 2.63. The monoisotopic (exact) mass is 250 g/mol. The molecule has 0 heterocycles. The molecule has 4 heteroatoms. The predicted molar refractivity (Wildman–Crippen MR) is 74.0 cm³/mol. The third-order valence-corrected chi connectivity index (χ3v) is 2.72. The largest absolute Gasteiger partial charge is 0.492 e. The van der Waals surface area contributed by atoms with Crippen molar-refractivity contribution in [3.63, 3.8) is 0 Å². The number of likely N-dealkylation sites (N-methyl/N-ethyl adjacent to an activating group) is 1. The Morgan fingerprint density at radius 1 is 1.22 bits per heavy atom. The highest BCUT2D eigenvalue weighted by molar-refractivity contribution is 5.93. The van der Waals surface area contributed by atoms with Gasteiger partial charge in [0.05, 0.1) is 18.8 Å². The quantitative estimate of drug-likeness (QED) is 0.807. The molecule has 0 aliphatic heterocycles. The zero-order valence-electron chi connectivity index (χ0n) is 11.4. The molecule has 0 bridgehead atoms. The van der Waals surface area contributed by atoms with Crippen LogP contribution in [-0.4, -0.2) is 37.0 Å². The lowest BCUT2D eigenvalue weighted by Gasteiger charge is -2.18. The fourth-order valence-corrected chi connectivity index (χ4v) is 1.69. The summed E-state index contributed by atoms with van der Waals surface area (Å²) in [5.41, 5.74) is 0.733. The van der Waals surface area contributed by atoms with E-state index in [1.165, 1.54) is 0 Å². The molecular weight excluding hydrogens is 228 g/mol. The molecule has 0 radical (unpaired) electrons. The van der Waals surface area contributed by atoms with E-state index in [0.717, 1.165) is 18.8 Å². The predicted octanol–water partition coefficient (Wildman–Crippen LogP) is 2.37. The Kier molecular flexibility index (Phi) is 6.22. The van der Waals surface area contributed by atoms with Crippen LogP contribution < -0.4 is 10.1 Å². The first-order valence-corrected chi connectivity index (χ1v) is 6.45. The second-order valence-corrected chi connectivity index (χ2v) is 3.94. The molecule has 0 unspecified atom stereocenters. The molecule has 4 nitrogen and oxygen atoms in total. The van der Waals surface area contributed by atoms with Crippen LogP contribution in [0.5, 0.6) is 5.75 Å². The lowest BCUT2D eigenvalue weighted by Crippen LogP contribution is -2.33. The summed E-state index contributed by atoms with van der Waals surface area (Å²) in [6.45, 7) is 8.76. The average molecular weight is 250 g/mol. The van der Waals surface area contributed by atoms with E-state index in [2.05, 4.69) is 10.2 Å². The van der Waals surface area contributed by atoms with E-state index in [-0.39, 0.29) is 5.91 Å². The van der Waals surface area contributed by atoms with Crippen molar-refractivity contribution >= 4 is 11.6 Å². The lowest BCUT2D eigenvalue weighted by atomic mass is 10.3. The Morgan fingerprint density at radius 2 is 1.89 bits per heavy atom. The first kappa shape index (κ1) is 14.5. The van der Waals surface area contributed by atoms with E-state index in [1.54, 1.807) is 0 Å². The molecule has 0 aliphatic rings. The highest BCUT2D eigenvalue weighted by Gasteiger charge is 2.10. The first-order valence-electron chi connectivity index (χ1n) is 6.45. The number of carbonyl (C=O) groups is 1. The number of carbonyl (C=O) groups excluding carboxylic acids is 1. The van der Waals surface area contributed by atoms with Crippen LogP contribution >= 0.6 is 0 Å². The number of hydrogen-bond donors (Lipinski definition) is 1. The minimum Gasteiger partial charge on any atom is -0.492 e. The second kappa shape index (κ2) is 7.71. The average Bonchev–Trinajstić information content (AvgIpc) is 2.38. The van der Waals surface area contributed by atoms with Gasteiger partial charge < -0.3 is 10.1 Å². The van der Waals surface area contributed by atoms with Gasteiger partial charge in [-0.3, -0.25) is 9.69 Å². The molecule has 1 amide bonds. The van der Waals surface area contributed by atoms with Crippen molar-refractivity contribution in [3.8, 4) is 5.75 Å². The highest BCUT2D eigenvalue weighted by atomic mass is 16.5. The minimum atomic E-state index is -0.00847. The summed E-state index contributed by atoms with van der Waals surface area (Å²) in [5, 5.41) is 2.89. The van der Waals surface area contributed by atoms with Crippen LogP contribution in [0.2, 0.25) is 0 Å². The van der Waals surface area contributed by atoms with E-state index < -0.39 is 0 Å². The topological polar surface area (TPSA) is 41.6 Å². The van der Waals surface area contributed by atoms with Crippen molar-refractivity contribution in [2.75, 3.05) is 31.6 Å². The third-order valence-electron chi connectivity index (χ3n) is 2.72. The summed E-state index contributed by atoms with van der Waals surface area (Å²) in [6, 6.07) is 7.49. The Morgan fingerprint density at radius 3 is 2.50 bits per heavy atom. The highest BCUT2D eigenvalue weighted by Crippen LogP contribution is 2.23. The molecule has 0 saturated heterocycles. The van der Waals surface area contributed by atoms with Gasteiger partial charge in [-0.2, -0.15) is 0 Å². The van der Waals surface area contributed by atoms with E-state index >= 15 is 0 Å². The number of rotatable bonds is 7. The zero-order chi connectivity index (χ0) is 13.4. The van der Waals surface area contributed by atoms with Crippen LogP contribution in [0.25, 0.3) is 0 Å². The van der Waals surface area contributed by atoms with Gasteiger partial charge in [-0.1, -0.05) is 26.0 Å². The van der Waals surface area contributed by atoms with Crippen LogP contribution in [0.15, 0.2) is 24.3 Å². The molecule has 0 spiro atoms. The van der Waals surface area contributed by atoms with Crippen LogP contribution in [0.4, 0.5) is 5.69 Å². The molecular formula is C14H22N2O2. The molecule has 0 fully saturated rings.